The van der Waals surface area contributed by atoms with Crippen molar-refractivity contribution >= 4 is 15.9 Å². The summed E-state index contributed by atoms with van der Waals surface area (Å²) in [6, 6.07) is 0. The summed E-state index contributed by atoms with van der Waals surface area (Å²) < 4.78 is 21.2. The Kier molecular flexibility index (Phi) is 4.49. The van der Waals surface area contributed by atoms with Gasteiger partial charge in [0.05, 0.1) is 11.7 Å². The zero-order valence-corrected chi connectivity index (χ0v) is 9.35. The zero-order valence-electron chi connectivity index (χ0n) is 8.53. The summed E-state index contributed by atoms with van der Waals surface area (Å²) >= 11 is 0. The number of nitrogens with one attached hydrogen (secondary N) is 2. The molecule has 0 spiro atoms. The van der Waals surface area contributed by atoms with E-state index in [-0.39, 0.29) is 24.1 Å². The first-order valence-electron chi connectivity index (χ1n) is 4.98. The molecular weight excluding hydrogens is 218 g/mol. The Morgan fingerprint density at radius 3 is 2.80 bits per heavy atom. The SMILES string of the molecule is NS(=O)(=O)CCNC(=O)[C@@H]1CCCNC1. The van der Waals surface area contributed by atoms with Crippen molar-refractivity contribution in [1.82, 2.24) is 10.6 Å². The molecule has 4 N–H and O–H groups in total. The lowest BCUT2D eigenvalue weighted by Gasteiger charge is -2.21. The van der Waals surface area contributed by atoms with Crippen LogP contribution < -0.4 is 15.8 Å². The predicted molar refractivity (Wildman–Crippen MR) is 56.6 cm³/mol. The Balaban J connectivity index is 2.23. The van der Waals surface area contributed by atoms with E-state index in [2.05, 4.69) is 10.6 Å². The van der Waals surface area contributed by atoms with Gasteiger partial charge in [-0.05, 0) is 19.4 Å². The van der Waals surface area contributed by atoms with E-state index in [0.29, 0.717) is 6.54 Å². The van der Waals surface area contributed by atoms with Gasteiger partial charge < -0.3 is 10.6 Å². The average Bonchev–Trinajstić information content (AvgIpc) is 2.17. The van der Waals surface area contributed by atoms with Crippen molar-refractivity contribution in [2.45, 2.75) is 12.8 Å². The fraction of sp³-hybridized carbons (Fsp3) is 0.875. The van der Waals surface area contributed by atoms with Gasteiger partial charge in [-0.2, -0.15) is 0 Å². The van der Waals surface area contributed by atoms with Gasteiger partial charge >= 0.3 is 0 Å². The molecule has 1 fully saturated rings. The summed E-state index contributed by atoms with van der Waals surface area (Å²) in [6.45, 7) is 1.70. The molecule has 1 rings (SSSR count). The number of sulfonamides is 1. The summed E-state index contributed by atoms with van der Waals surface area (Å²) in [7, 11) is -3.48. The third kappa shape index (κ3) is 5.10. The molecule has 7 heteroatoms. The lowest BCUT2D eigenvalue weighted by atomic mass is 9.99. The highest BCUT2D eigenvalue weighted by Crippen LogP contribution is 2.09. The molecule has 1 amide bonds. The van der Waals surface area contributed by atoms with Gasteiger partial charge in [0.15, 0.2) is 0 Å². The first kappa shape index (κ1) is 12.4. The summed E-state index contributed by atoms with van der Waals surface area (Å²) in [6.07, 6.45) is 1.83. The maximum atomic E-state index is 11.5. The van der Waals surface area contributed by atoms with E-state index in [4.69, 9.17) is 5.14 Å². The standard InChI is InChI=1S/C8H17N3O3S/c9-15(13,14)5-4-11-8(12)7-2-1-3-10-6-7/h7,10H,1-6H2,(H,11,12)(H2,9,13,14)/t7-/m1/s1. The van der Waals surface area contributed by atoms with Crippen molar-refractivity contribution in [3.8, 4) is 0 Å². The lowest BCUT2D eigenvalue weighted by Crippen LogP contribution is -2.42. The largest absolute Gasteiger partial charge is 0.355 e. The number of rotatable bonds is 4. The van der Waals surface area contributed by atoms with Crippen LogP contribution in [0.5, 0.6) is 0 Å². The number of hydrogen-bond donors (Lipinski definition) is 3. The third-order valence-corrected chi connectivity index (χ3v) is 3.13. The maximum absolute atomic E-state index is 11.5. The van der Waals surface area contributed by atoms with Gasteiger partial charge in [0.25, 0.3) is 0 Å². The molecule has 1 heterocycles. The zero-order chi connectivity index (χ0) is 11.3. The topological polar surface area (TPSA) is 101 Å². The summed E-state index contributed by atoms with van der Waals surface area (Å²) in [5, 5.41) is 10.5. The first-order valence-corrected chi connectivity index (χ1v) is 6.69. The highest BCUT2D eigenvalue weighted by atomic mass is 32.2. The molecule has 1 aliphatic rings. The minimum absolute atomic E-state index is 0.0424. The van der Waals surface area contributed by atoms with Crippen molar-refractivity contribution in [1.29, 1.82) is 0 Å². The second-order valence-corrected chi connectivity index (χ2v) is 5.44. The van der Waals surface area contributed by atoms with E-state index in [9.17, 15) is 13.2 Å². The molecular formula is C8H17N3O3S. The fourth-order valence-electron chi connectivity index (χ4n) is 1.54. The van der Waals surface area contributed by atoms with Crippen LogP contribution in [-0.2, 0) is 14.8 Å². The number of carbonyl (C=O) groups excluding carboxylic acids is 1. The van der Waals surface area contributed by atoms with Crippen LogP contribution in [0.4, 0.5) is 0 Å². The molecule has 0 aromatic rings. The molecule has 1 saturated heterocycles. The van der Waals surface area contributed by atoms with Gasteiger partial charge in [-0.3, -0.25) is 4.79 Å². The Labute approximate surface area is 89.6 Å². The van der Waals surface area contributed by atoms with Gasteiger partial charge in [0.1, 0.15) is 0 Å². The van der Waals surface area contributed by atoms with Crippen LogP contribution in [0.25, 0.3) is 0 Å². The van der Waals surface area contributed by atoms with Crippen molar-refractivity contribution in [2.24, 2.45) is 11.1 Å². The Bertz CT molecular complexity index is 309. The van der Waals surface area contributed by atoms with Gasteiger partial charge in [0, 0.05) is 13.1 Å². The summed E-state index contributed by atoms with van der Waals surface area (Å²) in [5.41, 5.74) is 0. The normalized spacial score (nSPS) is 22.3. The van der Waals surface area contributed by atoms with Crippen LogP contribution in [0.1, 0.15) is 12.8 Å². The number of carbonyl (C=O) groups is 1. The second-order valence-electron chi connectivity index (χ2n) is 3.70. The van der Waals surface area contributed by atoms with Gasteiger partial charge in [-0.15, -0.1) is 0 Å². The number of hydrogen-bond acceptors (Lipinski definition) is 4. The van der Waals surface area contributed by atoms with E-state index in [1.165, 1.54) is 0 Å². The Morgan fingerprint density at radius 1 is 1.53 bits per heavy atom. The van der Waals surface area contributed by atoms with Gasteiger partial charge in [-0.25, -0.2) is 13.6 Å². The summed E-state index contributed by atoms with van der Waals surface area (Å²) in [5.74, 6) is -0.344. The van der Waals surface area contributed by atoms with Crippen LogP contribution in [0, 0.1) is 5.92 Å². The van der Waals surface area contributed by atoms with Crippen LogP contribution in [0.15, 0.2) is 0 Å². The molecule has 15 heavy (non-hydrogen) atoms. The van der Waals surface area contributed by atoms with Crippen LogP contribution >= 0.6 is 0 Å². The van der Waals surface area contributed by atoms with Crippen molar-refractivity contribution in [3.05, 3.63) is 0 Å². The second kappa shape index (κ2) is 5.43. The van der Waals surface area contributed by atoms with Gasteiger partial charge in [0.2, 0.25) is 15.9 Å². The average molecular weight is 235 g/mol. The van der Waals surface area contributed by atoms with E-state index >= 15 is 0 Å². The molecule has 6 nitrogen and oxygen atoms in total. The molecule has 0 radical (unpaired) electrons. The van der Waals surface area contributed by atoms with Gasteiger partial charge in [-0.1, -0.05) is 0 Å². The van der Waals surface area contributed by atoms with Crippen LogP contribution in [0.3, 0.4) is 0 Å². The first-order chi connectivity index (χ1) is 6.99. The fourth-order valence-corrected chi connectivity index (χ4v) is 1.92. The number of piperidine rings is 1. The molecule has 88 valence electrons. The quantitative estimate of drug-likeness (QED) is 0.545. The minimum Gasteiger partial charge on any atom is -0.355 e. The lowest BCUT2D eigenvalue weighted by molar-refractivity contribution is -0.125. The van der Waals surface area contributed by atoms with E-state index in [1.807, 2.05) is 0 Å². The molecule has 0 bridgehead atoms. The summed E-state index contributed by atoms with van der Waals surface area (Å²) in [4.78, 5) is 11.5. The Hall–Kier alpha value is -0.660. The highest BCUT2D eigenvalue weighted by Gasteiger charge is 2.20. The van der Waals surface area contributed by atoms with E-state index in [1.54, 1.807) is 0 Å². The molecule has 0 aromatic heterocycles. The monoisotopic (exact) mass is 235 g/mol. The maximum Gasteiger partial charge on any atom is 0.224 e. The van der Waals surface area contributed by atoms with Crippen LogP contribution in [-0.4, -0.2) is 39.7 Å². The highest BCUT2D eigenvalue weighted by molar-refractivity contribution is 7.89. The van der Waals surface area contributed by atoms with Crippen molar-refractivity contribution < 1.29 is 13.2 Å². The van der Waals surface area contributed by atoms with Crippen LogP contribution in [0.2, 0.25) is 0 Å². The number of primary sulfonamides is 1. The molecule has 0 saturated carbocycles. The number of nitrogens with two attached hydrogens (primary N) is 1. The Morgan fingerprint density at radius 2 is 2.27 bits per heavy atom. The van der Waals surface area contributed by atoms with Crippen molar-refractivity contribution in [2.75, 3.05) is 25.4 Å². The van der Waals surface area contributed by atoms with E-state index < -0.39 is 10.0 Å². The van der Waals surface area contributed by atoms with Crippen molar-refractivity contribution in [3.63, 3.8) is 0 Å². The number of amides is 1. The minimum atomic E-state index is -3.48. The predicted octanol–water partition coefficient (Wildman–Crippen LogP) is -1.61. The molecule has 1 atom stereocenters. The van der Waals surface area contributed by atoms with E-state index in [0.717, 1.165) is 19.4 Å². The third-order valence-electron chi connectivity index (χ3n) is 2.35. The molecule has 0 aliphatic carbocycles. The smallest absolute Gasteiger partial charge is 0.224 e. The molecule has 1 aliphatic heterocycles. The molecule has 0 unspecified atom stereocenters. The molecule has 0 aromatic carbocycles.